The van der Waals surface area contributed by atoms with Crippen LogP contribution in [0.4, 0.5) is 14.9 Å². The van der Waals surface area contributed by atoms with E-state index in [0.717, 1.165) is 19.5 Å². The molecule has 1 unspecified atom stereocenters. The third-order valence-electron chi connectivity index (χ3n) is 8.39. The lowest BCUT2D eigenvalue weighted by Crippen LogP contribution is -2.48. The Balaban J connectivity index is 1.57. The number of cyclic esters (lactones) is 1. The Morgan fingerprint density at radius 3 is 2.50 bits per heavy atom. The summed E-state index contributed by atoms with van der Waals surface area (Å²) in [6.45, 7) is 9.01. The molecule has 5 atom stereocenters. The Labute approximate surface area is 247 Å². The van der Waals surface area contributed by atoms with Gasteiger partial charge in [0, 0.05) is 50.7 Å². The van der Waals surface area contributed by atoms with Gasteiger partial charge in [-0.2, -0.15) is 0 Å². The molecule has 2 fully saturated rings. The van der Waals surface area contributed by atoms with E-state index in [9.17, 15) is 23.9 Å². The summed E-state index contributed by atoms with van der Waals surface area (Å²) in [5.41, 5.74) is 1.73. The highest BCUT2D eigenvalue weighted by atomic mass is 19.1. The van der Waals surface area contributed by atoms with Crippen LogP contribution in [-0.4, -0.2) is 91.0 Å². The summed E-state index contributed by atoms with van der Waals surface area (Å²) in [5, 5.41) is 10.6. The Morgan fingerprint density at radius 2 is 1.81 bits per heavy atom. The number of rotatable bonds is 4. The highest BCUT2D eigenvalue weighted by Crippen LogP contribution is 2.28. The topological polar surface area (TPSA) is 99.6 Å². The van der Waals surface area contributed by atoms with Gasteiger partial charge in [-0.15, -0.1) is 0 Å². The molecule has 10 heteroatoms. The van der Waals surface area contributed by atoms with E-state index in [-0.39, 0.29) is 30.3 Å². The molecule has 230 valence electrons. The number of hydrogen-bond donors (Lipinski definition) is 1. The minimum atomic E-state index is -0.888. The first-order chi connectivity index (χ1) is 20.0. The Kier molecular flexibility index (Phi) is 10.8. The van der Waals surface area contributed by atoms with Gasteiger partial charge >= 0.3 is 12.1 Å². The first-order valence-corrected chi connectivity index (χ1v) is 15.0. The van der Waals surface area contributed by atoms with Crippen molar-refractivity contribution >= 4 is 29.7 Å². The van der Waals surface area contributed by atoms with E-state index in [2.05, 4.69) is 4.90 Å². The van der Waals surface area contributed by atoms with E-state index < -0.39 is 30.1 Å². The van der Waals surface area contributed by atoms with Crippen molar-refractivity contribution in [2.24, 2.45) is 11.8 Å². The number of halogens is 1. The van der Waals surface area contributed by atoms with Crippen molar-refractivity contribution < 1.29 is 33.4 Å². The van der Waals surface area contributed by atoms with Crippen molar-refractivity contribution in [2.45, 2.75) is 71.2 Å². The maximum atomic E-state index is 14.6. The lowest BCUT2D eigenvalue weighted by Gasteiger charge is -2.33. The number of amides is 2. The van der Waals surface area contributed by atoms with Gasteiger partial charge in [-0.05, 0) is 74.6 Å². The number of carbonyl (C=O) groups is 3. The van der Waals surface area contributed by atoms with Gasteiger partial charge in [0.25, 0.3) is 0 Å². The number of piperazine rings is 1. The van der Waals surface area contributed by atoms with Crippen LogP contribution in [-0.2, 0) is 19.1 Å². The number of benzene rings is 1. The molecule has 0 radical (unpaired) electrons. The van der Waals surface area contributed by atoms with Crippen LogP contribution in [0, 0.1) is 17.7 Å². The lowest BCUT2D eigenvalue weighted by atomic mass is 9.91. The molecule has 0 bridgehead atoms. The molecule has 1 N–H and O–H groups in total. The monoisotopic (exact) mass is 585 g/mol. The average molecular weight is 586 g/mol. The summed E-state index contributed by atoms with van der Waals surface area (Å²) < 4.78 is 26.4. The van der Waals surface area contributed by atoms with Crippen LogP contribution in [0.15, 0.2) is 35.9 Å². The van der Waals surface area contributed by atoms with Gasteiger partial charge in [-0.1, -0.05) is 26.0 Å². The van der Waals surface area contributed by atoms with Crippen LogP contribution in [0.2, 0.25) is 0 Å². The molecule has 3 aliphatic rings. The Bertz CT molecular complexity index is 1190. The predicted octanol–water partition coefficient (Wildman–Crippen LogP) is 4.39. The van der Waals surface area contributed by atoms with Crippen molar-refractivity contribution in [1.29, 1.82) is 0 Å². The fourth-order valence-corrected chi connectivity index (χ4v) is 5.73. The van der Waals surface area contributed by atoms with E-state index in [1.165, 1.54) is 12.1 Å². The van der Waals surface area contributed by atoms with Crippen molar-refractivity contribution in [1.82, 2.24) is 9.80 Å². The molecule has 0 spiro atoms. The maximum absolute atomic E-state index is 14.6. The molecule has 3 aliphatic heterocycles. The van der Waals surface area contributed by atoms with Gasteiger partial charge in [0.1, 0.15) is 18.0 Å². The summed E-state index contributed by atoms with van der Waals surface area (Å²) in [7, 11) is 2.02. The average Bonchev–Trinajstić information content (AvgIpc) is 3.37. The molecule has 2 saturated heterocycles. The summed E-state index contributed by atoms with van der Waals surface area (Å²) in [6.07, 6.45) is 4.99. The van der Waals surface area contributed by atoms with Crippen molar-refractivity contribution in [3.8, 4) is 0 Å². The van der Waals surface area contributed by atoms with Gasteiger partial charge < -0.3 is 29.3 Å². The molecule has 42 heavy (non-hydrogen) atoms. The van der Waals surface area contributed by atoms with Gasteiger partial charge in [-0.3, -0.25) is 9.59 Å². The van der Waals surface area contributed by atoms with E-state index in [4.69, 9.17) is 9.47 Å². The molecule has 0 saturated carbocycles. The van der Waals surface area contributed by atoms with Crippen molar-refractivity contribution in [2.75, 3.05) is 44.7 Å². The minimum absolute atomic E-state index is 0.0325. The lowest BCUT2D eigenvalue weighted by molar-refractivity contribution is -0.151. The summed E-state index contributed by atoms with van der Waals surface area (Å²) in [4.78, 5) is 43.5. The molecular weight excluding hydrogens is 541 g/mol. The van der Waals surface area contributed by atoms with Crippen LogP contribution in [0.3, 0.4) is 0 Å². The van der Waals surface area contributed by atoms with Crippen molar-refractivity contribution in [3.63, 3.8) is 0 Å². The van der Waals surface area contributed by atoms with Crippen LogP contribution >= 0.6 is 0 Å². The second kappa shape index (κ2) is 14.3. The Morgan fingerprint density at radius 1 is 1.07 bits per heavy atom. The van der Waals surface area contributed by atoms with Gasteiger partial charge in [-0.25, -0.2) is 9.18 Å². The SMILES string of the molecule is C/C(=C\c1cc(F)cc(N2CCCC2=O)c1)[C@H]1OC(=O)C[C@H](O)CC[C@H](C)C(OC(=O)N2CCN(C)CC2)/C=C/[C@@H]1C. The van der Waals surface area contributed by atoms with Crippen LogP contribution in [0.25, 0.3) is 6.08 Å². The quantitative estimate of drug-likeness (QED) is 0.413. The third-order valence-corrected chi connectivity index (χ3v) is 8.39. The summed E-state index contributed by atoms with van der Waals surface area (Å²) in [5.74, 6) is -1.41. The number of nitrogens with zero attached hydrogens (tertiary/aromatic N) is 3. The zero-order valence-corrected chi connectivity index (χ0v) is 25.1. The molecule has 0 aromatic heterocycles. The minimum Gasteiger partial charge on any atom is -0.457 e. The number of carbonyl (C=O) groups excluding carboxylic acids is 3. The number of hydrogen-bond acceptors (Lipinski definition) is 7. The molecule has 4 rings (SSSR count). The first kappa shape index (κ1) is 31.7. The van der Waals surface area contributed by atoms with E-state index in [0.29, 0.717) is 55.7 Å². The first-order valence-electron chi connectivity index (χ1n) is 15.0. The largest absolute Gasteiger partial charge is 0.457 e. The molecule has 1 aromatic rings. The zero-order valence-electron chi connectivity index (χ0n) is 25.1. The normalized spacial score (nSPS) is 29.5. The third kappa shape index (κ3) is 8.41. The Hall–Kier alpha value is -3.24. The van der Waals surface area contributed by atoms with Gasteiger partial charge in [0.2, 0.25) is 5.91 Å². The van der Waals surface area contributed by atoms with E-state index in [1.807, 2.05) is 40.0 Å². The van der Waals surface area contributed by atoms with E-state index in [1.54, 1.807) is 21.9 Å². The molecule has 9 nitrogen and oxygen atoms in total. The number of aliphatic hydroxyl groups excluding tert-OH is 1. The highest BCUT2D eigenvalue weighted by Gasteiger charge is 2.29. The summed E-state index contributed by atoms with van der Waals surface area (Å²) in [6, 6.07) is 4.49. The van der Waals surface area contributed by atoms with Crippen LogP contribution in [0.1, 0.15) is 58.4 Å². The highest BCUT2D eigenvalue weighted by molar-refractivity contribution is 5.95. The molecule has 2 amide bonds. The molecule has 3 heterocycles. The fourth-order valence-electron chi connectivity index (χ4n) is 5.73. The van der Waals surface area contributed by atoms with Crippen LogP contribution in [0.5, 0.6) is 0 Å². The fraction of sp³-hybridized carbons (Fsp3) is 0.594. The second-order valence-electron chi connectivity index (χ2n) is 12.0. The summed E-state index contributed by atoms with van der Waals surface area (Å²) >= 11 is 0. The number of aliphatic hydroxyl groups is 1. The van der Waals surface area contributed by atoms with Gasteiger partial charge in [0.05, 0.1) is 12.5 Å². The van der Waals surface area contributed by atoms with Crippen molar-refractivity contribution in [3.05, 3.63) is 47.3 Å². The zero-order chi connectivity index (χ0) is 30.4. The smallest absolute Gasteiger partial charge is 0.410 e. The molecular formula is C32H44FN3O6. The molecule has 0 aliphatic carbocycles. The van der Waals surface area contributed by atoms with E-state index >= 15 is 0 Å². The predicted molar refractivity (Wildman–Crippen MR) is 158 cm³/mol. The number of anilines is 1. The second-order valence-corrected chi connectivity index (χ2v) is 12.0. The van der Waals surface area contributed by atoms with Gasteiger partial charge in [0.15, 0.2) is 0 Å². The van der Waals surface area contributed by atoms with Crippen LogP contribution < -0.4 is 4.90 Å². The number of esters is 1. The number of ether oxygens (including phenoxy) is 2. The standard InChI is InChI=1S/C32H44FN3O6/c1-21-7-9-27(37)20-30(39)42-31(22(2)8-10-28(21)41-32(40)35-14-12-34(4)13-15-35)23(3)16-24-17-25(33)19-26(18-24)36-11-5-6-29(36)38/h8,10,16-19,21-22,27-28,31,37H,5-7,9,11-15,20H2,1-4H3/b10-8+,23-16+/t21-,22-,27+,28?,31-/m0/s1. The number of likely N-dealkylation sites (N-methyl/N-ethyl adjacent to an activating group) is 1. The molecule has 1 aromatic carbocycles. The maximum Gasteiger partial charge on any atom is 0.410 e.